The van der Waals surface area contributed by atoms with E-state index in [0.717, 1.165) is 42.6 Å². The Balaban J connectivity index is 2.14. The summed E-state index contributed by atoms with van der Waals surface area (Å²) in [5, 5.41) is 15.5. The number of nitrogens with one attached hydrogen (secondary N) is 2. The summed E-state index contributed by atoms with van der Waals surface area (Å²) in [6.07, 6.45) is 3.70. The molecule has 3 nitrogen and oxygen atoms in total. The summed E-state index contributed by atoms with van der Waals surface area (Å²) in [5.74, 6) is 0. The Bertz CT molecular complexity index is 678. The number of hydrogen-bond acceptors (Lipinski definition) is 2. The van der Waals surface area contributed by atoms with Gasteiger partial charge in [-0.25, -0.2) is 4.98 Å². The lowest BCUT2D eigenvalue weighted by Crippen LogP contribution is -2.32. The van der Waals surface area contributed by atoms with Crippen LogP contribution in [0.3, 0.4) is 0 Å². The number of aliphatic hydroxyl groups excluding tert-OH is 1. The molecule has 0 amide bonds. The molecule has 0 spiro atoms. The van der Waals surface area contributed by atoms with Crippen LogP contribution in [0.4, 0.5) is 5.69 Å². The number of rotatable bonds is 4. The highest BCUT2D eigenvalue weighted by Crippen LogP contribution is 2.43. The van der Waals surface area contributed by atoms with Crippen molar-refractivity contribution in [2.24, 2.45) is 5.41 Å². The molecular weight excluding hydrogens is 272 g/mol. The highest BCUT2D eigenvalue weighted by atomic mass is 16.3. The van der Waals surface area contributed by atoms with E-state index in [9.17, 15) is 5.11 Å². The SMILES string of the molecule is CCCCNc1c2c([nH+]c3ccccc13)CC(C)(C)CC2O. The van der Waals surface area contributed by atoms with Gasteiger partial charge in [-0.15, -0.1) is 0 Å². The molecule has 3 heteroatoms. The van der Waals surface area contributed by atoms with Crippen LogP contribution in [0.25, 0.3) is 10.9 Å². The van der Waals surface area contributed by atoms with E-state index >= 15 is 0 Å². The van der Waals surface area contributed by atoms with E-state index in [0.29, 0.717) is 0 Å². The minimum Gasteiger partial charge on any atom is -0.388 e. The Morgan fingerprint density at radius 1 is 1.32 bits per heavy atom. The summed E-state index contributed by atoms with van der Waals surface area (Å²) in [4.78, 5) is 3.56. The van der Waals surface area contributed by atoms with Crippen LogP contribution in [0.15, 0.2) is 24.3 Å². The van der Waals surface area contributed by atoms with Crippen molar-refractivity contribution in [1.82, 2.24) is 0 Å². The molecule has 1 heterocycles. The van der Waals surface area contributed by atoms with E-state index in [2.05, 4.69) is 55.3 Å². The van der Waals surface area contributed by atoms with Gasteiger partial charge in [-0.2, -0.15) is 0 Å². The first-order valence-electron chi connectivity index (χ1n) is 8.40. The fourth-order valence-corrected chi connectivity index (χ4v) is 3.60. The molecule has 3 rings (SSSR count). The van der Waals surface area contributed by atoms with Gasteiger partial charge in [0.1, 0.15) is 0 Å². The van der Waals surface area contributed by atoms with Gasteiger partial charge < -0.3 is 10.4 Å². The first kappa shape index (κ1) is 15.3. The molecule has 0 aliphatic heterocycles. The zero-order chi connectivity index (χ0) is 15.7. The Morgan fingerprint density at radius 3 is 2.86 bits per heavy atom. The zero-order valence-electron chi connectivity index (χ0n) is 13.9. The van der Waals surface area contributed by atoms with Crippen molar-refractivity contribution in [3.63, 3.8) is 0 Å². The molecule has 0 radical (unpaired) electrons. The highest BCUT2D eigenvalue weighted by molar-refractivity contribution is 5.91. The number of benzene rings is 1. The molecule has 1 aromatic carbocycles. The van der Waals surface area contributed by atoms with Gasteiger partial charge >= 0.3 is 0 Å². The molecule has 1 atom stereocenters. The van der Waals surface area contributed by atoms with Crippen LogP contribution in [0.2, 0.25) is 0 Å². The molecule has 22 heavy (non-hydrogen) atoms. The molecular formula is C19H27N2O+. The number of H-pyrrole nitrogens is 1. The molecule has 0 saturated heterocycles. The fourth-order valence-electron chi connectivity index (χ4n) is 3.60. The van der Waals surface area contributed by atoms with Crippen molar-refractivity contribution in [2.75, 3.05) is 11.9 Å². The Hall–Kier alpha value is -1.61. The second-order valence-corrected chi connectivity index (χ2v) is 7.28. The second-order valence-electron chi connectivity index (χ2n) is 7.28. The van der Waals surface area contributed by atoms with Crippen molar-refractivity contribution in [3.8, 4) is 0 Å². The molecule has 1 aliphatic rings. The van der Waals surface area contributed by atoms with Crippen molar-refractivity contribution >= 4 is 16.6 Å². The summed E-state index contributed by atoms with van der Waals surface area (Å²) in [6, 6.07) is 8.37. The summed E-state index contributed by atoms with van der Waals surface area (Å²) in [6.45, 7) is 7.61. The van der Waals surface area contributed by atoms with Crippen LogP contribution in [-0.4, -0.2) is 11.7 Å². The number of para-hydroxylation sites is 1. The van der Waals surface area contributed by atoms with Crippen LogP contribution in [-0.2, 0) is 6.42 Å². The zero-order valence-corrected chi connectivity index (χ0v) is 13.9. The smallest absolute Gasteiger partial charge is 0.213 e. The monoisotopic (exact) mass is 299 g/mol. The summed E-state index contributed by atoms with van der Waals surface area (Å²) < 4.78 is 0. The van der Waals surface area contributed by atoms with Crippen LogP contribution in [0.5, 0.6) is 0 Å². The third-order valence-corrected chi connectivity index (χ3v) is 4.64. The van der Waals surface area contributed by atoms with Gasteiger partial charge in [-0.05, 0) is 24.3 Å². The summed E-state index contributed by atoms with van der Waals surface area (Å²) in [7, 11) is 0. The van der Waals surface area contributed by atoms with Crippen LogP contribution < -0.4 is 10.3 Å². The van der Waals surface area contributed by atoms with Gasteiger partial charge in [0.25, 0.3) is 0 Å². The summed E-state index contributed by atoms with van der Waals surface area (Å²) in [5.41, 5.74) is 4.66. The number of aromatic amines is 1. The van der Waals surface area contributed by atoms with E-state index in [4.69, 9.17) is 0 Å². The molecule has 0 saturated carbocycles. The molecule has 0 bridgehead atoms. The number of hydrogen-bond donors (Lipinski definition) is 2. The van der Waals surface area contributed by atoms with Crippen molar-refractivity contribution < 1.29 is 10.1 Å². The maximum absolute atomic E-state index is 10.7. The Kier molecular flexibility index (Phi) is 4.09. The van der Waals surface area contributed by atoms with E-state index in [1.165, 1.54) is 17.5 Å². The summed E-state index contributed by atoms with van der Waals surface area (Å²) >= 11 is 0. The standard InChI is InChI=1S/C19H26N2O/c1-4-5-10-20-18-13-8-6-7-9-14(13)21-15-11-19(2,3)12-16(22)17(15)18/h6-9,16,22H,4-5,10-12H2,1-3H3,(H,20,21)/p+1. The molecule has 1 aliphatic carbocycles. The lowest BCUT2D eigenvalue weighted by molar-refractivity contribution is -0.362. The lowest BCUT2D eigenvalue weighted by Gasteiger charge is -2.33. The Morgan fingerprint density at radius 2 is 2.09 bits per heavy atom. The van der Waals surface area contributed by atoms with E-state index in [1.807, 2.05) is 0 Å². The predicted octanol–water partition coefficient (Wildman–Crippen LogP) is 3.87. The first-order chi connectivity index (χ1) is 10.5. The second kappa shape index (κ2) is 5.88. The fraction of sp³-hybridized carbons (Fsp3) is 0.526. The number of unbranched alkanes of at least 4 members (excludes halogenated alkanes) is 1. The van der Waals surface area contributed by atoms with Gasteiger partial charge in [-0.3, -0.25) is 0 Å². The molecule has 3 N–H and O–H groups in total. The van der Waals surface area contributed by atoms with E-state index in [-0.39, 0.29) is 5.41 Å². The van der Waals surface area contributed by atoms with Gasteiger partial charge in [0.05, 0.1) is 22.7 Å². The van der Waals surface area contributed by atoms with Crippen molar-refractivity contribution in [3.05, 3.63) is 35.5 Å². The predicted molar refractivity (Wildman–Crippen MR) is 91.0 cm³/mol. The van der Waals surface area contributed by atoms with Gasteiger partial charge in [-0.1, -0.05) is 39.3 Å². The maximum atomic E-state index is 10.7. The Labute approximate surface area is 132 Å². The van der Waals surface area contributed by atoms with Crippen LogP contribution in [0.1, 0.15) is 57.4 Å². The minimum atomic E-state index is -0.399. The van der Waals surface area contributed by atoms with Crippen molar-refractivity contribution in [1.29, 1.82) is 0 Å². The van der Waals surface area contributed by atoms with Crippen LogP contribution >= 0.6 is 0 Å². The lowest BCUT2D eigenvalue weighted by atomic mass is 9.74. The topological polar surface area (TPSA) is 46.4 Å². The average molecular weight is 299 g/mol. The van der Waals surface area contributed by atoms with Gasteiger partial charge in [0, 0.05) is 19.0 Å². The number of aromatic nitrogens is 1. The molecule has 1 aromatic heterocycles. The van der Waals surface area contributed by atoms with Gasteiger partial charge in [0.2, 0.25) is 5.52 Å². The quantitative estimate of drug-likeness (QED) is 0.842. The van der Waals surface area contributed by atoms with Crippen molar-refractivity contribution in [2.45, 2.75) is 52.6 Å². The maximum Gasteiger partial charge on any atom is 0.213 e. The van der Waals surface area contributed by atoms with E-state index in [1.54, 1.807) is 0 Å². The minimum absolute atomic E-state index is 0.131. The number of aliphatic hydroxyl groups is 1. The molecule has 2 aromatic rings. The normalized spacial score (nSPS) is 19.9. The molecule has 1 unspecified atom stereocenters. The largest absolute Gasteiger partial charge is 0.388 e. The number of fused-ring (bicyclic) bond motifs is 2. The van der Waals surface area contributed by atoms with Gasteiger partial charge in [0.15, 0.2) is 5.69 Å². The highest BCUT2D eigenvalue weighted by Gasteiger charge is 2.37. The molecule has 118 valence electrons. The van der Waals surface area contributed by atoms with Crippen LogP contribution in [0, 0.1) is 5.41 Å². The number of anilines is 1. The molecule has 0 fully saturated rings. The van der Waals surface area contributed by atoms with E-state index < -0.39 is 6.10 Å². The first-order valence-corrected chi connectivity index (χ1v) is 8.40. The number of pyridine rings is 1. The third kappa shape index (κ3) is 2.82. The third-order valence-electron chi connectivity index (χ3n) is 4.64. The average Bonchev–Trinajstić information content (AvgIpc) is 2.45.